The van der Waals surface area contributed by atoms with Crippen LogP contribution >= 0.6 is 0 Å². The average Bonchev–Trinajstić information content (AvgIpc) is 3.26. The number of ether oxygens (including phenoxy) is 1. The molecule has 0 spiro atoms. The maximum absolute atomic E-state index is 14.2. The first kappa shape index (κ1) is 26.9. The third kappa shape index (κ3) is 3.71. The molecule has 8 rings (SSSR count). The molecule has 2 fully saturated rings. The van der Waals surface area contributed by atoms with Gasteiger partial charge in [-0.15, -0.1) is 0 Å². The minimum absolute atomic E-state index is 0.0786. The van der Waals surface area contributed by atoms with Gasteiger partial charge in [0.15, 0.2) is 0 Å². The first-order valence-corrected chi connectivity index (χ1v) is 14.7. The molecule has 8 heteroatoms. The summed E-state index contributed by atoms with van der Waals surface area (Å²) in [6, 6.07) is 23.5. The lowest BCUT2D eigenvalue weighted by Gasteiger charge is -2.52. The summed E-state index contributed by atoms with van der Waals surface area (Å²) in [6.45, 7) is 4.84. The van der Waals surface area contributed by atoms with Crippen LogP contribution in [0.25, 0.3) is 0 Å². The van der Waals surface area contributed by atoms with E-state index in [1.165, 1.54) is 11.8 Å². The third-order valence-electron chi connectivity index (χ3n) is 9.93. The van der Waals surface area contributed by atoms with Crippen molar-refractivity contribution < 1.29 is 24.2 Å². The van der Waals surface area contributed by atoms with Gasteiger partial charge in [-0.2, -0.15) is 0 Å². The Morgan fingerprint density at radius 2 is 1.48 bits per heavy atom. The summed E-state index contributed by atoms with van der Waals surface area (Å²) in [7, 11) is 1.67. The van der Waals surface area contributed by atoms with E-state index in [2.05, 4.69) is 9.80 Å². The number of benzene rings is 3. The highest BCUT2D eigenvalue weighted by Crippen LogP contribution is 2.64. The van der Waals surface area contributed by atoms with E-state index in [0.717, 1.165) is 59.9 Å². The van der Waals surface area contributed by atoms with E-state index in [1.807, 2.05) is 72.8 Å². The van der Waals surface area contributed by atoms with Gasteiger partial charge >= 0.3 is 0 Å². The number of anilines is 1. The van der Waals surface area contributed by atoms with Crippen molar-refractivity contribution in [2.45, 2.75) is 24.4 Å². The summed E-state index contributed by atoms with van der Waals surface area (Å²) in [6.07, 6.45) is -0.897. The highest BCUT2D eigenvalue weighted by atomic mass is 16.5. The Labute approximate surface area is 245 Å². The van der Waals surface area contributed by atoms with Crippen LogP contribution < -0.4 is 9.64 Å². The molecule has 8 nitrogen and oxygen atoms in total. The molecule has 2 saturated heterocycles. The molecule has 42 heavy (non-hydrogen) atoms. The standard InChI is InChI=1S/C34H35N3O5/c1-21(38)34-25-11-5-3-9-23(25)29(24-10-4-6-12-26(24)34)30-31(34)33(41)37(32(30)40)20-22(39)19-35-15-17-36(18-16-35)27-13-7-8-14-28(27)42-2/h3-14,22,29-31,39H,15-20H2,1-2H3/t22-,29?,30-,31-,34?/m1/s1. The molecule has 0 radical (unpaired) electrons. The predicted molar refractivity (Wildman–Crippen MR) is 158 cm³/mol. The van der Waals surface area contributed by atoms with Crippen molar-refractivity contribution in [2.24, 2.45) is 11.8 Å². The summed E-state index contributed by atoms with van der Waals surface area (Å²) < 4.78 is 5.52. The number of carbonyl (C=O) groups is 3. The van der Waals surface area contributed by atoms with E-state index in [0.29, 0.717) is 6.54 Å². The number of methoxy groups -OCH3 is 1. The Bertz CT molecular complexity index is 1530. The molecule has 3 aromatic rings. The number of rotatable bonds is 7. The zero-order chi connectivity index (χ0) is 29.2. The quantitative estimate of drug-likeness (QED) is 0.441. The SMILES string of the molecule is COc1ccccc1N1CCN(C[C@@H](O)CN2C(=O)[C@@H]3C4c5ccccc5C(C(C)=O)(c5ccccc54)[C@H]3C2=O)CC1. The summed E-state index contributed by atoms with van der Waals surface area (Å²) in [5, 5.41) is 11.2. The number of likely N-dealkylation sites (tertiary alicyclic amines) is 1. The molecular weight excluding hydrogens is 530 g/mol. The number of hydrogen-bond acceptors (Lipinski definition) is 7. The lowest BCUT2D eigenvalue weighted by Crippen LogP contribution is -2.57. The fourth-order valence-corrected chi connectivity index (χ4v) is 8.24. The van der Waals surface area contributed by atoms with Crippen molar-refractivity contribution >= 4 is 23.3 Å². The van der Waals surface area contributed by atoms with Crippen LogP contribution in [0, 0.1) is 11.8 Å². The monoisotopic (exact) mass is 565 g/mol. The molecule has 216 valence electrons. The first-order valence-electron chi connectivity index (χ1n) is 14.7. The van der Waals surface area contributed by atoms with Crippen LogP contribution in [0.15, 0.2) is 72.8 Å². The van der Waals surface area contributed by atoms with Gasteiger partial charge in [0.25, 0.3) is 0 Å². The van der Waals surface area contributed by atoms with Crippen molar-refractivity contribution in [3.63, 3.8) is 0 Å². The molecule has 0 saturated carbocycles. The van der Waals surface area contributed by atoms with Crippen molar-refractivity contribution in [3.05, 3.63) is 95.1 Å². The number of amides is 2. The Balaban J connectivity index is 1.12. The number of Topliss-reactive ketones (excluding diaryl/α,β-unsaturated/α-hetero) is 1. The molecular formula is C34H35N3O5. The van der Waals surface area contributed by atoms with E-state index in [9.17, 15) is 19.5 Å². The maximum Gasteiger partial charge on any atom is 0.234 e. The second-order valence-corrected chi connectivity index (χ2v) is 11.9. The zero-order valence-corrected chi connectivity index (χ0v) is 23.9. The molecule has 5 aliphatic rings. The average molecular weight is 566 g/mol. The van der Waals surface area contributed by atoms with Gasteiger partial charge in [-0.3, -0.25) is 24.2 Å². The van der Waals surface area contributed by atoms with Gasteiger partial charge < -0.3 is 14.7 Å². The van der Waals surface area contributed by atoms with E-state index < -0.39 is 23.4 Å². The maximum atomic E-state index is 14.2. The molecule has 2 bridgehead atoms. The molecule has 3 aromatic carbocycles. The predicted octanol–water partition coefficient (Wildman–Crippen LogP) is 2.81. The Kier molecular flexibility index (Phi) is 6.44. The highest BCUT2D eigenvalue weighted by molar-refractivity contribution is 6.13. The number of ketones is 1. The number of hydrogen-bond donors (Lipinski definition) is 1. The highest BCUT2D eigenvalue weighted by Gasteiger charge is 2.69. The van der Waals surface area contributed by atoms with Crippen LogP contribution in [-0.2, 0) is 19.8 Å². The molecule has 2 amide bonds. The number of imide groups is 1. The fourth-order valence-electron chi connectivity index (χ4n) is 8.24. The fraction of sp³-hybridized carbons (Fsp3) is 0.382. The van der Waals surface area contributed by atoms with Crippen LogP contribution in [0.1, 0.15) is 35.1 Å². The molecule has 2 aliphatic heterocycles. The molecule has 0 unspecified atom stereocenters. The van der Waals surface area contributed by atoms with E-state index in [1.54, 1.807) is 7.11 Å². The van der Waals surface area contributed by atoms with E-state index in [4.69, 9.17) is 4.74 Å². The Hall–Kier alpha value is -4.01. The first-order chi connectivity index (χ1) is 20.4. The van der Waals surface area contributed by atoms with Crippen LogP contribution in [-0.4, -0.2) is 85.0 Å². The lowest BCUT2D eigenvalue weighted by atomic mass is 9.46. The molecule has 3 aliphatic carbocycles. The topological polar surface area (TPSA) is 90.4 Å². The minimum Gasteiger partial charge on any atom is -0.495 e. The number of β-amino-alcohol motifs (C(OH)–C–C–N with tert-alkyl or cyclic N) is 1. The number of nitrogens with zero attached hydrogens (tertiary/aromatic N) is 3. The smallest absolute Gasteiger partial charge is 0.234 e. The number of aliphatic hydroxyl groups is 1. The Morgan fingerprint density at radius 3 is 2.10 bits per heavy atom. The van der Waals surface area contributed by atoms with Crippen LogP contribution in [0.5, 0.6) is 5.75 Å². The van der Waals surface area contributed by atoms with Gasteiger partial charge in [0.2, 0.25) is 11.8 Å². The number of para-hydroxylation sites is 2. The van der Waals surface area contributed by atoms with Crippen molar-refractivity contribution in [2.75, 3.05) is 51.3 Å². The largest absolute Gasteiger partial charge is 0.495 e. The van der Waals surface area contributed by atoms with Gasteiger partial charge in [0, 0.05) is 38.6 Å². The van der Waals surface area contributed by atoms with Crippen LogP contribution in [0.2, 0.25) is 0 Å². The van der Waals surface area contributed by atoms with Crippen molar-refractivity contribution in [1.29, 1.82) is 0 Å². The van der Waals surface area contributed by atoms with Gasteiger partial charge in [-0.05, 0) is 41.3 Å². The third-order valence-corrected chi connectivity index (χ3v) is 9.93. The van der Waals surface area contributed by atoms with Gasteiger partial charge in [-0.25, -0.2) is 0 Å². The molecule has 3 atom stereocenters. The summed E-state index contributed by atoms with van der Waals surface area (Å²) >= 11 is 0. The van der Waals surface area contributed by atoms with Gasteiger partial charge in [-0.1, -0.05) is 60.7 Å². The number of aliphatic hydroxyl groups excluding tert-OH is 1. The molecule has 0 aromatic heterocycles. The number of carbonyl (C=O) groups excluding carboxylic acids is 3. The summed E-state index contributed by atoms with van der Waals surface area (Å²) in [5.41, 5.74) is 3.39. The van der Waals surface area contributed by atoms with E-state index >= 15 is 0 Å². The van der Waals surface area contributed by atoms with Crippen molar-refractivity contribution in [3.8, 4) is 5.75 Å². The molecule has 2 heterocycles. The lowest BCUT2D eigenvalue weighted by molar-refractivity contribution is -0.143. The minimum atomic E-state index is -1.21. The second-order valence-electron chi connectivity index (χ2n) is 11.9. The van der Waals surface area contributed by atoms with Crippen LogP contribution in [0.4, 0.5) is 5.69 Å². The van der Waals surface area contributed by atoms with E-state index in [-0.39, 0.29) is 30.1 Å². The molecule has 1 N–H and O–H groups in total. The normalized spacial score (nSPS) is 27.0. The second kappa shape index (κ2) is 10.1. The number of piperazine rings is 1. The van der Waals surface area contributed by atoms with Gasteiger partial charge in [0.05, 0.1) is 42.7 Å². The summed E-state index contributed by atoms with van der Waals surface area (Å²) in [5.74, 6) is -1.71. The zero-order valence-electron chi connectivity index (χ0n) is 23.9. The van der Waals surface area contributed by atoms with Crippen molar-refractivity contribution in [1.82, 2.24) is 9.80 Å². The van der Waals surface area contributed by atoms with Gasteiger partial charge in [0.1, 0.15) is 11.5 Å². The summed E-state index contributed by atoms with van der Waals surface area (Å²) in [4.78, 5) is 47.6. The van der Waals surface area contributed by atoms with Crippen LogP contribution in [0.3, 0.4) is 0 Å². The Morgan fingerprint density at radius 1 is 0.881 bits per heavy atom.